The normalized spacial score (nSPS) is 15.0. The van der Waals surface area contributed by atoms with E-state index in [2.05, 4.69) is 9.71 Å². The van der Waals surface area contributed by atoms with Gasteiger partial charge < -0.3 is 18.7 Å². The predicted molar refractivity (Wildman–Crippen MR) is 124 cm³/mol. The largest absolute Gasteiger partial charge is 0.755 e. The molecule has 0 radical (unpaired) electrons. The molecule has 2 aromatic carbocycles. The van der Waals surface area contributed by atoms with Crippen molar-refractivity contribution >= 4 is 23.0 Å². The molecule has 34 heavy (non-hydrogen) atoms. The molecule has 2 unspecified atom stereocenters. The number of rotatable bonds is 10. The zero-order chi connectivity index (χ0) is 23.9. The fourth-order valence-electron chi connectivity index (χ4n) is 3.76. The topological polar surface area (TPSA) is 104 Å². The first-order valence-corrected chi connectivity index (χ1v) is 11.8. The van der Waals surface area contributed by atoms with Gasteiger partial charge in [-0.1, -0.05) is 18.2 Å². The van der Waals surface area contributed by atoms with Crippen LogP contribution in [-0.4, -0.2) is 50.5 Å². The fourth-order valence-corrected chi connectivity index (χ4v) is 4.09. The molecule has 2 heterocycles. The van der Waals surface area contributed by atoms with Gasteiger partial charge in [0.15, 0.2) is 0 Å². The van der Waals surface area contributed by atoms with Crippen LogP contribution >= 0.6 is 0 Å². The molecular formula is C24H23FN3O5S-. The molecule has 4 rings (SSSR count). The average Bonchev–Trinajstić information content (AvgIpc) is 3.27. The van der Waals surface area contributed by atoms with Crippen LogP contribution in [0.1, 0.15) is 12.0 Å². The number of hydrogen-bond donors (Lipinski definition) is 1. The number of hydrogen-bond acceptors (Lipinski definition) is 6. The Morgan fingerprint density at radius 2 is 1.88 bits per heavy atom. The number of nitrogens with zero attached hydrogens (tertiary/aromatic N) is 2. The molecule has 10 heteroatoms. The van der Waals surface area contributed by atoms with Gasteiger partial charge in [-0.15, -0.1) is 0 Å². The quantitative estimate of drug-likeness (QED) is 0.438. The molecule has 0 bridgehead atoms. The minimum absolute atomic E-state index is 0.124. The lowest BCUT2D eigenvalue weighted by Crippen LogP contribution is -2.40. The molecule has 1 fully saturated rings. The number of anilines is 1. The number of carbonyl (C=O) groups excluding carboxylic acids is 1. The van der Waals surface area contributed by atoms with Crippen molar-refractivity contribution in [3.05, 3.63) is 78.4 Å². The van der Waals surface area contributed by atoms with Gasteiger partial charge in [0.05, 0.1) is 18.3 Å². The average molecular weight is 485 g/mol. The third-order valence-electron chi connectivity index (χ3n) is 5.54. The standard InChI is InChI=1S/C24H24FN3O5S/c25-22-8-4-19(15-23(22)27-34(30)31)18-2-6-21(7-3-18)33-16-20(28-13-14-32-24(28)29)5-1-17-9-11-26-12-10-17/h2-4,6-12,15,20,27H,1,5,13-14,16H2,(H,30,31)/p-1. The molecule has 1 aromatic heterocycles. The maximum Gasteiger partial charge on any atom is 0.410 e. The van der Waals surface area contributed by atoms with E-state index in [0.29, 0.717) is 37.5 Å². The molecule has 2 atom stereocenters. The Kier molecular flexibility index (Phi) is 7.71. The van der Waals surface area contributed by atoms with Crippen LogP contribution in [-0.2, 0) is 22.4 Å². The summed E-state index contributed by atoms with van der Waals surface area (Å²) in [5, 5.41) is 0. The second kappa shape index (κ2) is 11.1. The van der Waals surface area contributed by atoms with Gasteiger partial charge >= 0.3 is 6.09 Å². The van der Waals surface area contributed by atoms with Crippen molar-refractivity contribution in [3.8, 4) is 16.9 Å². The predicted octanol–water partition coefficient (Wildman–Crippen LogP) is 3.93. The molecule has 1 aliphatic rings. The van der Waals surface area contributed by atoms with Crippen LogP contribution in [0.3, 0.4) is 0 Å². The Hall–Kier alpha value is -3.50. The Balaban J connectivity index is 1.42. The lowest BCUT2D eigenvalue weighted by Gasteiger charge is -2.26. The first kappa shape index (κ1) is 23.7. The number of carbonyl (C=O) groups is 1. The summed E-state index contributed by atoms with van der Waals surface area (Å²) in [5.74, 6) is -0.0440. The Labute approximate surface area is 199 Å². The minimum atomic E-state index is -2.62. The van der Waals surface area contributed by atoms with Crippen LogP contribution in [0.5, 0.6) is 5.75 Å². The van der Waals surface area contributed by atoms with Crippen molar-refractivity contribution in [3.63, 3.8) is 0 Å². The minimum Gasteiger partial charge on any atom is -0.755 e. The smallest absolute Gasteiger partial charge is 0.410 e. The maximum absolute atomic E-state index is 13.8. The Bertz CT molecular complexity index is 1150. The molecule has 0 saturated carbocycles. The number of aromatic nitrogens is 1. The van der Waals surface area contributed by atoms with E-state index >= 15 is 0 Å². The van der Waals surface area contributed by atoms with E-state index in [1.54, 1.807) is 47.6 Å². The molecule has 0 aliphatic carbocycles. The van der Waals surface area contributed by atoms with Gasteiger partial charge in [0.25, 0.3) is 0 Å². The number of amides is 1. The van der Waals surface area contributed by atoms with Crippen molar-refractivity contribution in [2.45, 2.75) is 18.9 Å². The van der Waals surface area contributed by atoms with Crippen molar-refractivity contribution in [1.82, 2.24) is 9.88 Å². The van der Waals surface area contributed by atoms with E-state index in [9.17, 15) is 17.9 Å². The number of cyclic esters (lactones) is 1. The van der Waals surface area contributed by atoms with Crippen LogP contribution in [0.4, 0.5) is 14.9 Å². The number of benzene rings is 2. The lowest BCUT2D eigenvalue weighted by molar-refractivity contribution is 0.128. The highest BCUT2D eigenvalue weighted by atomic mass is 32.2. The van der Waals surface area contributed by atoms with Crippen LogP contribution in [0.25, 0.3) is 11.1 Å². The second-order valence-corrected chi connectivity index (χ2v) is 8.40. The number of nitrogens with one attached hydrogen (secondary N) is 1. The van der Waals surface area contributed by atoms with Crippen LogP contribution in [0.2, 0.25) is 0 Å². The number of pyridine rings is 1. The summed E-state index contributed by atoms with van der Waals surface area (Å²) in [5.41, 5.74) is 2.42. The van der Waals surface area contributed by atoms with Crippen LogP contribution in [0.15, 0.2) is 67.0 Å². The van der Waals surface area contributed by atoms with Crippen molar-refractivity contribution in [2.75, 3.05) is 24.5 Å². The molecular weight excluding hydrogens is 461 g/mol. The highest BCUT2D eigenvalue weighted by Gasteiger charge is 2.30. The number of halogens is 1. The SMILES string of the molecule is O=C1OCCN1C(CCc1ccncc1)COc1ccc(-c2ccc(F)c(NS(=O)[O-])c2)cc1. The summed E-state index contributed by atoms with van der Waals surface area (Å²) in [6.07, 6.45) is 4.63. The Morgan fingerprint density at radius 3 is 2.56 bits per heavy atom. The van der Waals surface area contributed by atoms with E-state index in [-0.39, 0.29) is 17.8 Å². The van der Waals surface area contributed by atoms with Gasteiger partial charge in [0, 0.05) is 23.7 Å². The molecule has 8 nitrogen and oxygen atoms in total. The molecule has 0 spiro atoms. The molecule has 1 N–H and O–H groups in total. The highest BCUT2D eigenvalue weighted by molar-refractivity contribution is 7.80. The van der Waals surface area contributed by atoms with Gasteiger partial charge in [-0.25, -0.2) is 9.18 Å². The van der Waals surface area contributed by atoms with Crippen LogP contribution < -0.4 is 9.46 Å². The van der Waals surface area contributed by atoms with E-state index in [4.69, 9.17) is 9.47 Å². The molecule has 3 aromatic rings. The molecule has 1 amide bonds. The number of aryl methyl sites for hydroxylation is 1. The van der Waals surface area contributed by atoms with E-state index in [1.807, 2.05) is 12.1 Å². The molecule has 1 aliphatic heterocycles. The van der Waals surface area contributed by atoms with E-state index in [1.165, 1.54) is 12.1 Å². The van der Waals surface area contributed by atoms with Gasteiger partial charge in [0.2, 0.25) is 0 Å². The summed E-state index contributed by atoms with van der Waals surface area (Å²) >= 11 is -2.62. The van der Waals surface area contributed by atoms with E-state index < -0.39 is 17.1 Å². The summed E-state index contributed by atoms with van der Waals surface area (Å²) in [6, 6.07) is 15.1. The van der Waals surface area contributed by atoms with E-state index in [0.717, 1.165) is 17.5 Å². The summed E-state index contributed by atoms with van der Waals surface area (Å²) in [7, 11) is 0. The summed E-state index contributed by atoms with van der Waals surface area (Å²) in [4.78, 5) is 17.9. The zero-order valence-corrected chi connectivity index (χ0v) is 19.0. The molecule has 1 saturated heterocycles. The third-order valence-corrected chi connectivity index (χ3v) is 5.92. The van der Waals surface area contributed by atoms with Gasteiger partial charge in [-0.2, -0.15) is 0 Å². The first-order chi connectivity index (χ1) is 16.5. The van der Waals surface area contributed by atoms with Gasteiger partial charge in [-0.3, -0.25) is 14.1 Å². The summed E-state index contributed by atoms with van der Waals surface area (Å²) in [6.45, 7) is 1.20. The maximum atomic E-state index is 13.8. The fraction of sp³-hybridized carbons (Fsp3) is 0.250. The number of ether oxygens (including phenoxy) is 2. The lowest BCUT2D eigenvalue weighted by atomic mass is 10.0. The zero-order valence-electron chi connectivity index (χ0n) is 18.2. The molecule has 178 valence electrons. The van der Waals surface area contributed by atoms with Gasteiger partial charge in [0.1, 0.15) is 24.8 Å². The highest BCUT2D eigenvalue weighted by Crippen LogP contribution is 2.27. The van der Waals surface area contributed by atoms with Crippen molar-refractivity contribution in [1.29, 1.82) is 0 Å². The monoisotopic (exact) mass is 484 g/mol. The first-order valence-electron chi connectivity index (χ1n) is 10.7. The summed E-state index contributed by atoms with van der Waals surface area (Å²) < 4.78 is 48.7. The van der Waals surface area contributed by atoms with Gasteiger partial charge in [-0.05, 0) is 65.9 Å². The van der Waals surface area contributed by atoms with Crippen LogP contribution in [0, 0.1) is 5.82 Å². The van der Waals surface area contributed by atoms with Crippen molar-refractivity contribution < 1.29 is 27.4 Å². The Morgan fingerprint density at radius 1 is 1.15 bits per heavy atom. The third kappa shape index (κ3) is 6.09. The van der Waals surface area contributed by atoms with Crippen molar-refractivity contribution in [2.24, 2.45) is 0 Å². The second-order valence-electron chi connectivity index (χ2n) is 7.72.